The van der Waals surface area contributed by atoms with Crippen LogP contribution in [0.3, 0.4) is 0 Å². The average Bonchev–Trinajstić information content (AvgIpc) is 2.52. The number of sulfone groups is 1. The molecule has 0 aromatic carbocycles. The smallest absolute Gasteiger partial charge is 0.328 e. The Hall–Kier alpha value is -1.68. The van der Waals surface area contributed by atoms with Gasteiger partial charge in [0.15, 0.2) is 15.2 Å². The van der Waals surface area contributed by atoms with E-state index in [2.05, 4.69) is 0 Å². The Morgan fingerprint density at radius 2 is 2.00 bits per heavy atom. The maximum atomic E-state index is 12.5. The van der Waals surface area contributed by atoms with Crippen LogP contribution in [-0.2, 0) is 29.0 Å². The first-order chi connectivity index (χ1) is 9.94. The molecule has 9 nitrogen and oxygen atoms in total. The van der Waals surface area contributed by atoms with E-state index < -0.39 is 62.4 Å². The lowest BCUT2D eigenvalue weighted by molar-refractivity contribution is -0.169. The van der Waals surface area contributed by atoms with Crippen molar-refractivity contribution in [2.24, 2.45) is 11.7 Å². The van der Waals surface area contributed by atoms with Gasteiger partial charge in [-0.1, -0.05) is 0 Å². The minimum atomic E-state index is -3.91. The topological polar surface area (TPSA) is 144 Å². The number of hydrogen-bond acceptors (Lipinski definition) is 7. The molecular formula is C12H18N2O7S. The summed E-state index contributed by atoms with van der Waals surface area (Å²) in [4.78, 5) is 35.6. The Balaban J connectivity index is 2.27. The number of carboxylic acids is 1. The fourth-order valence-electron chi connectivity index (χ4n) is 2.87. The minimum absolute atomic E-state index is 0.429. The van der Waals surface area contributed by atoms with Gasteiger partial charge in [-0.05, 0) is 20.8 Å². The zero-order valence-electron chi connectivity index (χ0n) is 12.3. The third kappa shape index (κ3) is 2.01. The summed E-state index contributed by atoms with van der Waals surface area (Å²) >= 11 is 0. The molecule has 2 aliphatic heterocycles. The van der Waals surface area contributed by atoms with Crippen molar-refractivity contribution in [3.63, 3.8) is 0 Å². The van der Waals surface area contributed by atoms with Crippen LogP contribution < -0.4 is 5.73 Å². The van der Waals surface area contributed by atoms with E-state index in [0.717, 1.165) is 4.90 Å². The van der Waals surface area contributed by atoms with Crippen LogP contribution in [0, 0.1) is 5.92 Å². The van der Waals surface area contributed by atoms with Gasteiger partial charge in [-0.2, -0.15) is 0 Å². The Morgan fingerprint density at radius 1 is 1.45 bits per heavy atom. The second-order valence-electron chi connectivity index (χ2n) is 6.05. The van der Waals surface area contributed by atoms with Crippen LogP contribution in [0.25, 0.3) is 0 Å². The number of fused-ring (bicyclic) bond motifs is 1. The molecule has 4 atom stereocenters. The molecule has 124 valence electrons. The number of nitrogens with two attached hydrogens (primary N) is 1. The van der Waals surface area contributed by atoms with Gasteiger partial charge in [-0.25, -0.2) is 13.2 Å². The van der Waals surface area contributed by atoms with Crippen molar-refractivity contribution >= 4 is 27.7 Å². The predicted octanol–water partition coefficient (Wildman–Crippen LogP) is -1.68. The maximum absolute atomic E-state index is 12.5. The molecule has 2 rings (SSSR count). The summed E-state index contributed by atoms with van der Waals surface area (Å²) < 4.78 is 28.2. The molecule has 1 amide bonds. The van der Waals surface area contributed by atoms with E-state index in [9.17, 15) is 27.9 Å². The molecule has 0 aromatic heterocycles. The Bertz CT molecular complexity index is 640. The van der Waals surface area contributed by atoms with Crippen LogP contribution >= 0.6 is 0 Å². The summed E-state index contributed by atoms with van der Waals surface area (Å²) in [5.41, 5.74) is 5.32. The first-order valence-electron chi connectivity index (χ1n) is 6.65. The van der Waals surface area contributed by atoms with E-state index in [1.54, 1.807) is 0 Å². The molecule has 0 unspecified atom stereocenters. The molecule has 10 heteroatoms. The number of rotatable bonds is 4. The van der Waals surface area contributed by atoms with E-state index >= 15 is 0 Å². The van der Waals surface area contributed by atoms with Gasteiger partial charge in [0.25, 0.3) is 0 Å². The number of carbonyl (C=O) groups excluding carboxylic acids is 2. The summed E-state index contributed by atoms with van der Waals surface area (Å²) in [6.07, 6.45) is 0. The molecule has 0 bridgehead atoms. The number of ether oxygens (including phenoxy) is 1. The highest BCUT2D eigenvalue weighted by Crippen LogP contribution is 2.48. The molecule has 0 aliphatic carbocycles. The maximum Gasteiger partial charge on any atom is 0.328 e. The number of β-lactam (4-membered cyclic amide) rings is 1. The highest BCUT2D eigenvalue weighted by molar-refractivity contribution is 7.93. The molecular weight excluding hydrogens is 316 g/mol. The lowest BCUT2D eigenvalue weighted by Gasteiger charge is -2.42. The molecule has 0 radical (unpaired) electrons. The van der Waals surface area contributed by atoms with Gasteiger partial charge in [0, 0.05) is 0 Å². The fourth-order valence-corrected chi connectivity index (χ4v) is 5.17. The molecule has 2 aliphatic rings. The van der Waals surface area contributed by atoms with Crippen LogP contribution in [0.4, 0.5) is 0 Å². The standard InChI is InChI=1S/C12H18N2O7S/c1-5(13)11(18)21-4-6-8(15)14-7(10(16)17)12(2,3)22(19,20)9(6)14/h5-7,9H,4,13H2,1-3H3,(H,16,17)/t5-,6+,7-,9+/m0/s1. The SMILES string of the molecule is C[C@H](N)C(=O)OC[C@@H]1C(=O)N2[C@@H](C(=O)O)C(C)(C)S(=O)(=O)[C@H]12. The van der Waals surface area contributed by atoms with Gasteiger partial charge in [0.05, 0.1) is 4.75 Å². The Labute approximate surface area is 127 Å². The van der Waals surface area contributed by atoms with Crippen LogP contribution in [0.1, 0.15) is 20.8 Å². The zero-order chi connectivity index (χ0) is 17.0. The summed E-state index contributed by atoms with van der Waals surface area (Å²) in [7, 11) is -3.91. The lowest BCUT2D eigenvalue weighted by Crippen LogP contribution is -2.64. The molecule has 0 spiro atoms. The van der Waals surface area contributed by atoms with Crippen LogP contribution in [-0.4, -0.2) is 65.1 Å². The first kappa shape index (κ1) is 16.7. The van der Waals surface area contributed by atoms with Crippen molar-refractivity contribution < 1.29 is 32.6 Å². The van der Waals surface area contributed by atoms with Gasteiger partial charge in [0.2, 0.25) is 5.91 Å². The highest BCUT2D eigenvalue weighted by atomic mass is 32.2. The van der Waals surface area contributed by atoms with Crippen molar-refractivity contribution in [3.05, 3.63) is 0 Å². The lowest BCUT2D eigenvalue weighted by atomic mass is 9.92. The summed E-state index contributed by atoms with van der Waals surface area (Å²) in [5, 5.41) is 7.96. The molecule has 2 saturated heterocycles. The number of hydrogen-bond donors (Lipinski definition) is 2. The fraction of sp³-hybridized carbons (Fsp3) is 0.750. The van der Waals surface area contributed by atoms with Crippen molar-refractivity contribution in [2.75, 3.05) is 6.61 Å². The van der Waals surface area contributed by atoms with Crippen LogP contribution in [0.15, 0.2) is 0 Å². The van der Waals surface area contributed by atoms with Gasteiger partial charge in [-0.15, -0.1) is 0 Å². The van der Waals surface area contributed by atoms with Crippen molar-refractivity contribution in [3.8, 4) is 0 Å². The summed E-state index contributed by atoms with van der Waals surface area (Å²) in [6.45, 7) is 3.52. The number of amides is 1. The van der Waals surface area contributed by atoms with Crippen molar-refractivity contribution in [1.29, 1.82) is 0 Å². The molecule has 2 heterocycles. The van der Waals surface area contributed by atoms with Gasteiger partial charge < -0.3 is 20.5 Å². The number of esters is 1. The van der Waals surface area contributed by atoms with Gasteiger partial charge in [0.1, 0.15) is 24.6 Å². The Kier molecular flexibility index (Phi) is 3.73. The highest BCUT2D eigenvalue weighted by Gasteiger charge is 2.72. The first-order valence-corrected chi connectivity index (χ1v) is 8.20. The number of nitrogens with zero attached hydrogens (tertiary/aromatic N) is 1. The largest absolute Gasteiger partial charge is 0.480 e. The molecule has 0 saturated carbocycles. The number of aliphatic carboxylic acids is 1. The molecule has 22 heavy (non-hydrogen) atoms. The van der Waals surface area contributed by atoms with E-state index in [1.165, 1.54) is 20.8 Å². The Morgan fingerprint density at radius 3 is 2.45 bits per heavy atom. The van der Waals surface area contributed by atoms with Crippen molar-refractivity contribution in [1.82, 2.24) is 4.90 Å². The van der Waals surface area contributed by atoms with Crippen LogP contribution in [0.2, 0.25) is 0 Å². The van der Waals surface area contributed by atoms with Crippen molar-refractivity contribution in [2.45, 2.75) is 43.0 Å². The van der Waals surface area contributed by atoms with E-state index in [0.29, 0.717) is 0 Å². The number of carboxylic acid groups (broad SMARTS) is 1. The third-order valence-corrected chi connectivity index (χ3v) is 7.07. The predicted molar refractivity (Wildman–Crippen MR) is 73.2 cm³/mol. The average molecular weight is 334 g/mol. The summed E-state index contributed by atoms with van der Waals surface area (Å²) in [5.74, 6) is -3.87. The second kappa shape index (κ2) is 4.92. The van der Waals surface area contributed by atoms with E-state index in [1.807, 2.05) is 0 Å². The molecule has 0 aromatic rings. The number of carbonyl (C=O) groups is 3. The minimum Gasteiger partial charge on any atom is -0.480 e. The monoisotopic (exact) mass is 334 g/mol. The second-order valence-corrected chi connectivity index (χ2v) is 8.68. The van der Waals surface area contributed by atoms with E-state index in [4.69, 9.17) is 10.5 Å². The van der Waals surface area contributed by atoms with Gasteiger partial charge in [-0.3, -0.25) is 9.59 Å². The zero-order valence-corrected chi connectivity index (χ0v) is 13.2. The normalized spacial score (nSPS) is 32.8. The third-order valence-electron chi connectivity index (χ3n) is 4.19. The quantitative estimate of drug-likeness (QED) is 0.458. The summed E-state index contributed by atoms with van der Waals surface area (Å²) in [6, 6.07) is -2.34. The van der Waals surface area contributed by atoms with Crippen LogP contribution in [0.5, 0.6) is 0 Å². The molecule has 2 fully saturated rings. The van der Waals surface area contributed by atoms with Gasteiger partial charge >= 0.3 is 11.9 Å². The molecule has 3 N–H and O–H groups in total. The van der Waals surface area contributed by atoms with E-state index in [-0.39, 0.29) is 0 Å².